The lowest BCUT2D eigenvalue weighted by atomic mass is 9.98. The van der Waals surface area contributed by atoms with Crippen LogP contribution in [0.25, 0.3) is 22.6 Å². The largest absolute Gasteiger partial charge is 0.496 e. The average molecular weight is 524 g/mol. The predicted octanol–water partition coefficient (Wildman–Crippen LogP) is 3.49. The summed E-state index contributed by atoms with van der Waals surface area (Å²) in [5.41, 5.74) is 9.16. The molecule has 1 aromatic carbocycles. The van der Waals surface area contributed by atoms with Crippen molar-refractivity contribution in [2.24, 2.45) is 17.6 Å². The van der Waals surface area contributed by atoms with Gasteiger partial charge in [-0.1, -0.05) is 23.8 Å². The van der Waals surface area contributed by atoms with E-state index in [4.69, 9.17) is 31.8 Å². The Morgan fingerprint density at radius 3 is 2.76 bits per heavy atom. The molecule has 37 heavy (non-hydrogen) atoms. The summed E-state index contributed by atoms with van der Waals surface area (Å²) in [7, 11) is 3.81. The number of pyridine rings is 1. The first-order valence-electron chi connectivity index (χ1n) is 12.5. The van der Waals surface area contributed by atoms with Crippen LogP contribution in [0.4, 0.5) is 16.2 Å². The third kappa shape index (κ3) is 4.34. The quantitative estimate of drug-likeness (QED) is 0.420. The average Bonchev–Trinajstić information content (AvgIpc) is 3.61. The fourth-order valence-electron chi connectivity index (χ4n) is 5.76. The van der Waals surface area contributed by atoms with E-state index in [9.17, 15) is 4.79 Å². The third-order valence-electron chi connectivity index (χ3n) is 7.73. The maximum atomic E-state index is 11.5. The molecule has 3 aromatic rings. The lowest BCUT2D eigenvalue weighted by molar-refractivity contribution is 0.0854. The third-order valence-corrected chi connectivity index (χ3v) is 8.01. The number of nitrogens with two attached hydrogens (primary N) is 1. The van der Waals surface area contributed by atoms with Gasteiger partial charge in [0.05, 0.1) is 35.6 Å². The van der Waals surface area contributed by atoms with E-state index < -0.39 is 6.09 Å². The van der Waals surface area contributed by atoms with Gasteiger partial charge in [0, 0.05) is 49.8 Å². The molecule has 1 saturated heterocycles. The van der Waals surface area contributed by atoms with Crippen molar-refractivity contribution in [1.29, 1.82) is 0 Å². The first-order valence-corrected chi connectivity index (χ1v) is 12.9. The number of imidazole rings is 1. The SMILES string of the molecule is COc1cc(N2CCN(C)CC2)ccc1-c1nc2c(N[C@H]3[C@@H](OC(N)=O)[C@@H]4C=C[C@H]3C4)c(Cl)cnc2[nH]1. The van der Waals surface area contributed by atoms with E-state index in [1.807, 2.05) is 6.07 Å². The first kappa shape index (κ1) is 23.9. The number of hydrogen-bond donors (Lipinski definition) is 3. The number of amides is 1. The zero-order chi connectivity index (χ0) is 25.7. The van der Waals surface area contributed by atoms with Gasteiger partial charge in [0.25, 0.3) is 0 Å². The fourth-order valence-corrected chi connectivity index (χ4v) is 5.95. The number of nitrogens with zero attached hydrogens (tertiary/aromatic N) is 4. The van der Waals surface area contributed by atoms with E-state index in [-0.39, 0.29) is 24.0 Å². The molecule has 194 valence electrons. The zero-order valence-electron chi connectivity index (χ0n) is 20.8. The summed E-state index contributed by atoms with van der Waals surface area (Å²) < 4.78 is 11.2. The number of methoxy groups -OCH3 is 1. The number of aromatic amines is 1. The summed E-state index contributed by atoms with van der Waals surface area (Å²) in [6.45, 7) is 4.00. The first-order chi connectivity index (χ1) is 17.9. The monoisotopic (exact) mass is 523 g/mol. The van der Waals surface area contributed by atoms with Gasteiger partial charge in [-0.15, -0.1) is 0 Å². The number of rotatable bonds is 6. The van der Waals surface area contributed by atoms with Crippen molar-refractivity contribution in [1.82, 2.24) is 19.9 Å². The smallest absolute Gasteiger partial charge is 0.404 e. The van der Waals surface area contributed by atoms with Gasteiger partial charge < -0.3 is 35.3 Å². The van der Waals surface area contributed by atoms with E-state index in [0.717, 1.165) is 49.6 Å². The van der Waals surface area contributed by atoms with Crippen molar-refractivity contribution in [3.63, 3.8) is 0 Å². The minimum atomic E-state index is -0.780. The number of carbonyl (C=O) groups excluding carboxylic acids is 1. The molecule has 1 amide bonds. The highest BCUT2D eigenvalue weighted by Crippen LogP contribution is 2.44. The van der Waals surface area contributed by atoms with E-state index in [1.165, 1.54) is 0 Å². The Labute approximate surface area is 219 Å². The molecular formula is C26H30ClN7O3. The minimum Gasteiger partial charge on any atom is -0.496 e. The molecule has 0 unspecified atom stereocenters. The van der Waals surface area contributed by atoms with Gasteiger partial charge >= 0.3 is 6.09 Å². The molecule has 4 atom stereocenters. The Bertz CT molecular complexity index is 1370. The number of benzene rings is 1. The zero-order valence-corrected chi connectivity index (χ0v) is 21.5. The highest BCUT2D eigenvalue weighted by atomic mass is 35.5. The number of carbonyl (C=O) groups is 1. The number of aromatic nitrogens is 3. The molecule has 10 nitrogen and oxygen atoms in total. The molecular weight excluding hydrogens is 494 g/mol. The van der Waals surface area contributed by atoms with Gasteiger partial charge in [-0.3, -0.25) is 0 Å². The predicted molar refractivity (Wildman–Crippen MR) is 143 cm³/mol. The number of fused-ring (bicyclic) bond motifs is 3. The Morgan fingerprint density at radius 1 is 1.22 bits per heavy atom. The normalized spacial score (nSPS) is 25.1. The number of anilines is 2. The number of piperazine rings is 1. The standard InChI is InChI=1S/C26H30ClN7O3/c1-33-7-9-34(10-8-33)16-5-6-17(19(12-16)36-2)24-31-22-21(18(27)13-29-25(22)32-24)30-20-14-3-4-15(11-14)23(20)37-26(28)35/h3-6,12-15,20,23H,7-11H2,1-2H3,(H2,28,35)(H2,29,30,31,32)/t14-,15+,20+,23-/m0/s1. The summed E-state index contributed by atoms with van der Waals surface area (Å²) in [5, 5.41) is 3.95. The molecule has 6 rings (SSSR count). The summed E-state index contributed by atoms with van der Waals surface area (Å²) in [5.74, 6) is 1.69. The summed E-state index contributed by atoms with van der Waals surface area (Å²) in [4.78, 5) is 28.9. The van der Waals surface area contributed by atoms with Gasteiger partial charge in [0.15, 0.2) is 5.65 Å². The van der Waals surface area contributed by atoms with Crippen molar-refractivity contribution >= 4 is 40.2 Å². The van der Waals surface area contributed by atoms with Gasteiger partial charge in [-0.2, -0.15) is 0 Å². The number of primary amides is 1. The van der Waals surface area contributed by atoms with E-state index in [2.05, 4.69) is 56.4 Å². The van der Waals surface area contributed by atoms with Crippen molar-refractivity contribution < 1.29 is 14.3 Å². The fraction of sp³-hybridized carbons (Fsp3) is 0.423. The number of likely N-dealkylation sites (N-methyl/N-ethyl adjacent to an activating group) is 1. The van der Waals surface area contributed by atoms with E-state index in [0.29, 0.717) is 27.7 Å². The number of ether oxygens (including phenoxy) is 2. The Morgan fingerprint density at radius 2 is 2.00 bits per heavy atom. The van der Waals surface area contributed by atoms with Crippen LogP contribution in [0.1, 0.15) is 6.42 Å². The molecule has 0 radical (unpaired) electrons. The minimum absolute atomic E-state index is 0.129. The summed E-state index contributed by atoms with van der Waals surface area (Å²) >= 11 is 6.61. The lowest BCUT2D eigenvalue weighted by Gasteiger charge is -2.34. The molecule has 2 aliphatic carbocycles. The van der Waals surface area contributed by atoms with Gasteiger partial charge in [0.2, 0.25) is 0 Å². The van der Waals surface area contributed by atoms with Gasteiger partial charge in [-0.05, 0) is 25.6 Å². The Balaban J connectivity index is 1.32. The topological polar surface area (TPSA) is 122 Å². The van der Waals surface area contributed by atoms with Crippen LogP contribution in [0.3, 0.4) is 0 Å². The second kappa shape index (κ2) is 9.42. The molecule has 4 N–H and O–H groups in total. The molecule has 1 aliphatic heterocycles. The van der Waals surface area contributed by atoms with Crippen LogP contribution < -0.4 is 20.7 Å². The van der Waals surface area contributed by atoms with Gasteiger partial charge in [0.1, 0.15) is 23.2 Å². The Kier molecular flexibility index (Phi) is 6.08. The van der Waals surface area contributed by atoms with Crippen LogP contribution in [0.15, 0.2) is 36.5 Å². The van der Waals surface area contributed by atoms with Crippen LogP contribution in [0.5, 0.6) is 5.75 Å². The van der Waals surface area contributed by atoms with Crippen LogP contribution in [-0.4, -0.2) is 78.4 Å². The van der Waals surface area contributed by atoms with Crippen molar-refractivity contribution in [2.45, 2.75) is 18.6 Å². The molecule has 11 heteroatoms. The van der Waals surface area contributed by atoms with Gasteiger partial charge in [-0.25, -0.2) is 14.8 Å². The number of hydrogen-bond acceptors (Lipinski definition) is 8. The van der Waals surface area contributed by atoms with Crippen molar-refractivity contribution in [3.8, 4) is 17.1 Å². The van der Waals surface area contributed by atoms with Crippen LogP contribution in [0.2, 0.25) is 5.02 Å². The number of nitrogens with one attached hydrogen (secondary N) is 2. The molecule has 0 spiro atoms. The highest BCUT2D eigenvalue weighted by molar-refractivity contribution is 6.34. The number of H-pyrrole nitrogens is 1. The van der Waals surface area contributed by atoms with E-state index >= 15 is 0 Å². The summed E-state index contributed by atoms with van der Waals surface area (Å²) in [6.07, 6.45) is 5.58. The molecule has 2 bridgehead atoms. The molecule has 3 aliphatic rings. The second-order valence-corrected chi connectivity index (χ2v) is 10.4. The molecule has 2 aromatic heterocycles. The van der Waals surface area contributed by atoms with Crippen molar-refractivity contribution in [3.05, 3.63) is 41.6 Å². The van der Waals surface area contributed by atoms with Crippen LogP contribution >= 0.6 is 11.6 Å². The molecule has 2 fully saturated rings. The molecule has 3 heterocycles. The maximum Gasteiger partial charge on any atom is 0.404 e. The lowest BCUT2D eigenvalue weighted by Crippen LogP contribution is -2.44. The van der Waals surface area contributed by atoms with E-state index in [1.54, 1.807) is 13.3 Å². The van der Waals surface area contributed by atoms with Crippen molar-refractivity contribution in [2.75, 3.05) is 50.6 Å². The van der Waals surface area contributed by atoms with Crippen LogP contribution in [-0.2, 0) is 4.74 Å². The maximum absolute atomic E-state index is 11.5. The summed E-state index contributed by atoms with van der Waals surface area (Å²) in [6, 6.07) is 6.02. The second-order valence-electron chi connectivity index (χ2n) is 9.96. The van der Waals surface area contributed by atoms with Crippen LogP contribution in [0, 0.1) is 11.8 Å². The molecule has 1 saturated carbocycles. The Hall–Kier alpha value is -3.50. The highest BCUT2D eigenvalue weighted by Gasteiger charge is 2.47. The number of halogens is 1.